The molecule has 4 atom stereocenters. The standard InChI is InChI=1S/C26H35N3O.4H2S/c1-15(2)17(4)26(30)29-22-8-6-5-7-19(22)14-23(29)25-27-21-12-10-18-13-16(3)9-11-20(18)24(21)28-25;;;;/h9,11,13,15,17,19,22-23H,5-8,10,12,14H2,1-4H3,(H,27,28);4*1H2/t17-,19-,22-,23-;;;;/m0..../s1. The van der Waals surface area contributed by atoms with Crippen molar-refractivity contribution in [1.29, 1.82) is 0 Å². The maximum atomic E-state index is 13.6. The molecule has 1 amide bonds. The van der Waals surface area contributed by atoms with E-state index in [4.69, 9.17) is 4.98 Å². The monoisotopic (exact) mass is 541 g/mol. The SMILES string of the molecule is Cc1ccc2c(c1)CCc1[nH]c([C@@H]3C[C@@H]4CCCC[C@@H]4N3C(=O)[C@@H](C)C(C)C)nc1-2.S.S.S.S. The van der Waals surface area contributed by atoms with Crippen molar-refractivity contribution >= 4 is 59.9 Å². The van der Waals surface area contributed by atoms with Crippen molar-refractivity contribution < 1.29 is 4.79 Å². The van der Waals surface area contributed by atoms with E-state index in [1.54, 1.807) is 0 Å². The van der Waals surface area contributed by atoms with E-state index in [-0.39, 0.29) is 65.9 Å². The number of aromatic amines is 1. The van der Waals surface area contributed by atoms with E-state index in [0.29, 0.717) is 23.8 Å². The summed E-state index contributed by atoms with van der Waals surface area (Å²) in [6, 6.07) is 7.22. The number of aromatic nitrogens is 2. The molecule has 0 spiro atoms. The molecule has 8 heteroatoms. The van der Waals surface area contributed by atoms with Crippen LogP contribution in [0.2, 0.25) is 0 Å². The van der Waals surface area contributed by atoms with Gasteiger partial charge >= 0.3 is 0 Å². The summed E-state index contributed by atoms with van der Waals surface area (Å²) in [5.41, 5.74) is 6.36. The van der Waals surface area contributed by atoms with Crippen LogP contribution in [0.25, 0.3) is 11.3 Å². The van der Waals surface area contributed by atoms with Gasteiger partial charge in [0.2, 0.25) is 5.91 Å². The molecule has 1 aromatic heterocycles. The molecule has 1 saturated carbocycles. The van der Waals surface area contributed by atoms with Gasteiger partial charge in [0.1, 0.15) is 5.82 Å². The van der Waals surface area contributed by atoms with Crippen molar-refractivity contribution in [2.75, 3.05) is 0 Å². The van der Waals surface area contributed by atoms with Crippen LogP contribution in [0.3, 0.4) is 0 Å². The van der Waals surface area contributed by atoms with Crippen molar-refractivity contribution in [2.24, 2.45) is 17.8 Å². The number of nitrogens with one attached hydrogen (secondary N) is 1. The smallest absolute Gasteiger partial charge is 0.226 e. The third-order valence-electron chi connectivity index (χ3n) is 8.00. The average molecular weight is 542 g/mol. The molecule has 0 unspecified atom stereocenters. The zero-order chi connectivity index (χ0) is 21.0. The van der Waals surface area contributed by atoms with E-state index in [0.717, 1.165) is 37.2 Å². The number of hydrogen-bond acceptors (Lipinski definition) is 2. The zero-order valence-corrected chi connectivity index (χ0v) is 24.9. The molecule has 1 saturated heterocycles. The van der Waals surface area contributed by atoms with Gasteiger partial charge in [-0.05, 0) is 56.4 Å². The zero-order valence-electron chi connectivity index (χ0n) is 20.9. The van der Waals surface area contributed by atoms with Gasteiger partial charge in [0, 0.05) is 23.2 Å². The van der Waals surface area contributed by atoms with Crippen LogP contribution in [-0.2, 0) is 17.6 Å². The molecule has 2 heterocycles. The van der Waals surface area contributed by atoms with Crippen LogP contribution in [-0.4, -0.2) is 26.8 Å². The molecule has 1 aromatic carbocycles. The molecule has 1 N–H and O–H groups in total. The Morgan fingerprint density at radius 1 is 1.06 bits per heavy atom. The number of rotatable bonds is 3. The van der Waals surface area contributed by atoms with Crippen LogP contribution in [0.1, 0.15) is 81.6 Å². The van der Waals surface area contributed by atoms with Crippen LogP contribution in [0.15, 0.2) is 18.2 Å². The first-order valence-corrected chi connectivity index (χ1v) is 11.9. The number of H-pyrrole nitrogens is 1. The number of likely N-dealkylation sites (tertiary alicyclic amines) is 1. The van der Waals surface area contributed by atoms with Crippen molar-refractivity contribution in [2.45, 2.75) is 84.7 Å². The summed E-state index contributed by atoms with van der Waals surface area (Å²) in [7, 11) is 0. The van der Waals surface area contributed by atoms with Crippen molar-refractivity contribution in [3.63, 3.8) is 0 Å². The van der Waals surface area contributed by atoms with Gasteiger partial charge in [0.05, 0.1) is 11.7 Å². The van der Waals surface area contributed by atoms with Crippen LogP contribution in [0.4, 0.5) is 0 Å². The summed E-state index contributed by atoms with van der Waals surface area (Å²) < 4.78 is 0. The van der Waals surface area contributed by atoms with Gasteiger partial charge in [-0.2, -0.15) is 54.0 Å². The number of benzene rings is 1. The summed E-state index contributed by atoms with van der Waals surface area (Å²) in [5.74, 6) is 2.40. The number of fused-ring (bicyclic) bond motifs is 4. The largest absolute Gasteiger partial charge is 0.344 e. The maximum absolute atomic E-state index is 13.6. The number of amides is 1. The lowest BCUT2D eigenvalue weighted by Gasteiger charge is -2.36. The van der Waals surface area contributed by atoms with Crippen LogP contribution >= 0.6 is 54.0 Å². The van der Waals surface area contributed by atoms with E-state index < -0.39 is 0 Å². The highest BCUT2D eigenvalue weighted by atomic mass is 32.1. The average Bonchev–Trinajstić information content (AvgIpc) is 3.33. The van der Waals surface area contributed by atoms with E-state index in [1.807, 2.05) is 0 Å². The Morgan fingerprint density at radius 2 is 1.76 bits per heavy atom. The second-order valence-electron chi connectivity index (χ2n) is 10.3. The number of aryl methyl sites for hydroxylation is 3. The highest BCUT2D eigenvalue weighted by molar-refractivity contribution is 7.59. The lowest BCUT2D eigenvalue weighted by molar-refractivity contribution is -0.140. The summed E-state index contributed by atoms with van der Waals surface area (Å²) >= 11 is 0. The lowest BCUT2D eigenvalue weighted by Crippen LogP contribution is -2.44. The van der Waals surface area contributed by atoms with E-state index >= 15 is 0 Å². The molecule has 192 valence electrons. The van der Waals surface area contributed by atoms with Gasteiger partial charge in [-0.3, -0.25) is 4.79 Å². The molecule has 0 bridgehead atoms. The van der Waals surface area contributed by atoms with Crippen LogP contribution in [0, 0.1) is 24.7 Å². The summed E-state index contributed by atoms with van der Waals surface area (Å²) in [6.45, 7) is 8.59. The minimum Gasteiger partial charge on any atom is -0.344 e. The number of carbonyl (C=O) groups excluding carboxylic acids is 1. The molecule has 2 aliphatic carbocycles. The predicted octanol–water partition coefficient (Wildman–Crippen LogP) is 6.06. The Kier molecular flexibility index (Phi) is 11.5. The fraction of sp³-hybridized carbons (Fsp3) is 0.615. The van der Waals surface area contributed by atoms with Crippen LogP contribution < -0.4 is 0 Å². The Balaban J connectivity index is 0.00000144. The summed E-state index contributed by atoms with van der Waals surface area (Å²) in [5, 5.41) is 0. The topological polar surface area (TPSA) is 49.0 Å². The first-order chi connectivity index (χ1) is 14.4. The minimum atomic E-state index is 0. The van der Waals surface area contributed by atoms with Gasteiger partial charge in [-0.25, -0.2) is 4.98 Å². The maximum Gasteiger partial charge on any atom is 0.226 e. The van der Waals surface area contributed by atoms with Gasteiger partial charge in [0.25, 0.3) is 0 Å². The second kappa shape index (κ2) is 12.5. The third-order valence-corrected chi connectivity index (χ3v) is 8.00. The summed E-state index contributed by atoms with van der Waals surface area (Å²) in [6.07, 6.45) is 8.09. The predicted molar refractivity (Wildman–Crippen MR) is 162 cm³/mol. The minimum absolute atomic E-state index is 0. The van der Waals surface area contributed by atoms with Gasteiger partial charge < -0.3 is 9.88 Å². The number of imidazole rings is 1. The molecular formula is C26H43N3OS4. The fourth-order valence-electron chi connectivity index (χ4n) is 5.95. The number of nitrogens with zero attached hydrogens (tertiary/aromatic N) is 2. The third kappa shape index (κ3) is 5.50. The first kappa shape index (κ1) is 31.3. The fourth-order valence-corrected chi connectivity index (χ4v) is 5.95. The molecule has 34 heavy (non-hydrogen) atoms. The van der Waals surface area contributed by atoms with Crippen molar-refractivity contribution in [1.82, 2.24) is 14.9 Å². The molecule has 4 nitrogen and oxygen atoms in total. The Morgan fingerprint density at radius 3 is 2.47 bits per heavy atom. The molecular weight excluding hydrogens is 499 g/mol. The molecule has 2 aromatic rings. The van der Waals surface area contributed by atoms with Gasteiger partial charge in [-0.15, -0.1) is 0 Å². The van der Waals surface area contributed by atoms with E-state index in [1.165, 1.54) is 41.6 Å². The quantitative estimate of drug-likeness (QED) is 0.514. The molecule has 0 radical (unpaired) electrons. The number of carbonyl (C=O) groups is 1. The molecule has 1 aliphatic heterocycles. The Bertz CT molecular complexity index is 977. The van der Waals surface area contributed by atoms with Crippen LogP contribution in [0.5, 0.6) is 0 Å². The van der Waals surface area contributed by atoms with Crippen molar-refractivity contribution in [3.05, 3.63) is 40.8 Å². The normalized spacial score (nSPS) is 23.2. The highest BCUT2D eigenvalue weighted by Gasteiger charge is 2.47. The van der Waals surface area contributed by atoms with E-state index in [2.05, 4.69) is 55.8 Å². The van der Waals surface area contributed by atoms with Crippen molar-refractivity contribution in [3.8, 4) is 11.3 Å². The first-order valence-electron chi connectivity index (χ1n) is 11.9. The number of hydrogen-bond donors (Lipinski definition) is 1. The molecule has 5 rings (SSSR count). The highest BCUT2D eigenvalue weighted by Crippen LogP contribution is 2.47. The summed E-state index contributed by atoms with van der Waals surface area (Å²) in [4.78, 5) is 24.7. The van der Waals surface area contributed by atoms with Gasteiger partial charge in [0.15, 0.2) is 0 Å². The Labute approximate surface area is 233 Å². The van der Waals surface area contributed by atoms with E-state index in [9.17, 15) is 4.79 Å². The molecule has 3 aliphatic rings. The van der Waals surface area contributed by atoms with Gasteiger partial charge in [-0.1, -0.05) is 57.4 Å². The lowest BCUT2D eigenvalue weighted by atomic mass is 9.84. The molecule has 2 fully saturated rings. The Hall–Kier alpha value is -0.700. The second-order valence-corrected chi connectivity index (χ2v) is 10.3.